The molecule has 1 aromatic heterocycles. The molecule has 0 amide bonds. The van der Waals surface area contributed by atoms with Gasteiger partial charge in [0, 0.05) is 13.2 Å². The van der Waals surface area contributed by atoms with E-state index in [0.717, 1.165) is 0 Å². The Hall–Kier alpha value is -0.890. The average Bonchev–Trinajstić information content (AvgIpc) is 2.77. The summed E-state index contributed by atoms with van der Waals surface area (Å²) in [6, 6.07) is 3.06. The van der Waals surface area contributed by atoms with Crippen molar-refractivity contribution in [3.05, 3.63) is 17.9 Å². The second kappa shape index (κ2) is 6.89. The lowest BCUT2D eigenvalue weighted by atomic mass is 10.1. The Bertz CT molecular complexity index is 455. The molecule has 0 saturated heterocycles. The lowest BCUT2D eigenvalue weighted by Gasteiger charge is -2.10. The molecular weight excluding hydrogens is 256 g/mol. The zero-order chi connectivity index (χ0) is 13.6. The fourth-order valence-electron chi connectivity index (χ4n) is 1.42. The van der Waals surface area contributed by atoms with Crippen LogP contribution in [-0.2, 0) is 16.6 Å². The van der Waals surface area contributed by atoms with Gasteiger partial charge in [-0.15, -0.1) is 0 Å². The molecule has 1 atom stereocenters. The number of sulfonamides is 1. The number of hydrogen-bond acceptors (Lipinski definition) is 5. The van der Waals surface area contributed by atoms with E-state index in [1.54, 1.807) is 13.1 Å². The van der Waals surface area contributed by atoms with E-state index in [1.165, 1.54) is 6.07 Å². The molecule has 3 N–H and O–H groups in total. The average molecular weight is 276 g/mol. The van der Waals surface area contributed by atoms with E-state index in [1.807, 2.05) is 6.92 Å². The van der Waals surface area contributed by atoms with Gasteiger partial charge in [0.05, 0.1) is 6.54 Å². The van der Waals surface area contributed by atoms with Crippen LogP contribution in [0, 0.1) is 5.92 Å². The van der Waals surface area contributed by atoms with Gasteiger partial charge in [0.1, 0.15) is 5.76 Å². The summed E-state index contributed by atoms with van der Waals surface area (Å²) in [6.45, 7) is 2.69. The zero-order valence-corrected chi connectivity index (χ0v) is 11.5. The number of furan rings is 1. The van der Waals surface area contributed by atoms with Crippen LogP contribution in [-0.4, -0.2) is 33.7 Å². The Balaban J connectivity index is 2.62. The molecule has 104 valence electrons. The van der Waals surface area contributed by atoms with Gasteiger partial charge in [0.25, 0.3) is 10.0 Å². The summed E-state index contributed by atoms with van der Waals surface area (Å²) in [5.41, 5.74) is 0. The Labute approximate surface area is 107 Å². The van der Waals surface area contributed by atoms with Gasteiger partial charge in [-0.2, -0.15) is 0 Å². The highest BCUT2D eigenvalue weighted by atomic mass is 32.2. The molecule has 7 heteroatoms. The highest BCUT2D eigenvalue weighted by molar-refractivity contribution is 7.89. The van der Waals surface area contributed by atoms with Crippen molar-refractivity contribution >= 4 is 10.0 Å². The summed E-state index contributed by atoms with van der Waals surface area (Å²) in [6.07, 6.45) is 0.561. The van der Waals surface area contributed by atoms with Crippen molar-refractivity contribution in [2.45, 2.75) is 25.0 Å². The predicted octanol–water partition coefficient (Wildman–Crippen LogP) is 0.296. The standard InChI is InChI=1S/C11H20N2O4S/c1-9(5-6-14)7-13-18(15,16)11-4-3-10(17-11)8-12-2/h3-4,9,12-14H,5-8H2,1-2H3. The molecule has 0 fully saturated rings. The van der Waals surface area contributed by atoms with Crippen LogP contribution >= 0.6 is 0 Å². The minimum atomic E-state index is -3.60. The molecule has 0 aliphatic heterocycles. The first kappa shape index (κ1) is 15.2. The lowest BCUT2D eigenvalue weighted by Crippen LogP contribution is -2.28. The van der Waals surface area contributed by atoms with Crippen LogP contribution in [0.5, 0.6) is 0 Å². The number of aliphatic hydroxyl groups excluding tert-OH is 1. The third-order valence-corrected chi connectivity index (χ3v) is 3.79. The molecule has 1 rings (SSSR count). The molecule has 1 aromatic rings. The summed E-state index contributed by atoms with van der Waals surface area (Å²) < 4.78 is 31.4. The summed E-state index contributed by atoms with van der Waals surface area (Å²) in [5.74, 6) is 0.651. The molecular formula is C11H20N2O4S. The topological polar surface area (TPSA) is 91.6 Å². The van der Waals surface area contributed by atoms with Crippen molar-refractivity contribution in [2.75, 3.05) is 20.2 Å². The largest absolute Gasteiger partial charge is 0.447 e. The second-order valence-corrected chi connectivity index (χ2v) is 5.92. The summed E-state index contributed by atoms with van der Waals surface area (Å²) in [7, 11) is -1.84. The van der Waals surface area contributed by atoms with Crippen molar-refractivity contribution in [1.82, 2.24) is 10.0 Å². The molecule has 0 spiro atoms. The maximum atomic E-state index is 11.9. The fraction of sp³-hybridized carbons (Fsp3) is 0.636. The van der Waals surface area contributed by atoms with E-state index in [4.69, 9.17) is 9.52 Å². The molecule has 0 bridgehead atoms. The highest BCUT2D eigenvalue weighted by Crippen LogP contribution is 2.14. The molecule has 0 aliphatic rings. The molecule has 1 heterocycles. The zero-order valence-electron chi connectivity index (χ0n) is 10.6. The summed E-state index contributed by atoms with van der Waals surface area (Å²) in [5, 5.41) is 11.5. The van der Waals surface area contributed by atoms with Crippen LogP contribution < -0.4 is 10.0 Å². The van der Waals surface area contributed by atoms with Crippen LogP contribution in [0.25, 0.3) is 0 Å². The Morgan fingerprint density at radius 1 is 1.44 bits per heavy atom. The van der Waals surface area contributed by atoms with E-state index in [-0.39, 0.29) is 24.2 Å². The molecule has 0 radical (unpaired) electrons. The van der Waals surface area contributed by atoms with Crippen LogP contribution in [0.3, 0.4) is 0 Å². The molecule has 18 heavy (non-hydrogen) atoms. The normalized spacial score (nSPS) is 13.7. The van der Waals surface area contributed by atoms with Crippen molar-refractivity contribution in [3.63, 3.8) is 0 Å². The van der Waals surface area contributed by atoms with Crippen LogP contribution in [0.2, 0.25) is 0 Å². The van der Waals surface area contributed by atoms with Crippen LogP contribution in [0.15, 0.2) is 21.6 Å². The van der Waals surface area contributed by atoms with Gasteiger partial charge in [-0.1, -0.05) is 6.92 Å². The van der Waals surface area contributed by atoms with E-state index >= 15 is 0 Å². The molecule has 0 aliphatic carbocycles. The third kappa shape index (κ3) is 4.41. The van der Waals surface area contributed by atoms with E-state index < -0.39 is 10.0 Å². The monoisotopic (exact) mass is 276 g/mol. The van der Waals surface area contributed by atoms with E-state index in [9.17, 15) is 8.42 Å². The Morgan fingerprint density at radius 2 is 2.17 bits per heavy atom. The Morgan fingerprint density at radius 3 is 2.78 bits per heavy atom. The molecule has 1 unspecified atom stereocenters. The van der Waals surface area contributed by atoms with Crippen molar-refractivity contribution in [1.29, 1.82) is 0 Å². The Kier molecular flexibility index (Phi) is 5.80. The predicted molar refractivity (Wildman–Crippen MR) is 67.5 cm³/mol. The first-order valence-electron chi connectivity index (χ1n) is 5.83. The van der Waals surface area contributed by atoms with Crippen molar-refractivity contribution < 1.29 is 17.9 Å². The van der Waals surface area contributed by atoms with Crippen LogP contribution in [0.4, 0.5) is 0 Å². The maximum absolute atomic E-state index is 11.9. The van der Waals surface area contributed by atoms with Crippen molar-refractivity contribution in [2.24, 2.45) is 5.92 Å². The van der Waals surface area contributed by atoms with Crippen LogP contribution in [0.1, 0.15) is 19.1 Å². The lowest BCUT2D eigenvalue weighted by molar-refractivity contribution is 0.262. The van der Waals surface area contributed by atoms with Gasteiger partial charge in [0.2, 0.25) is 5.09 Å². The second-order valence-electron chi connectivity index (χ2n) is 4.22. The van der Waals surface area contributed by atoms with Gasteiger partial charge in [0.15, 0.2) is 0 Å². The van der Waals surface area contributed by atoms with Crippen molar-refractivity contribution in [3.8, 4) is 0 Å². The van der Waals surface area contributed by atoms with Gasteiger partial charge >= 0.3 is 0 Å². The van der Waals surface area contributed by atoms with Gasteiger partial charge in [-0.25, -0.2) is 13.1 Å². The van der Waals surface area contributed by atoms with Gasteiger partial charge in [-0.3, -0.25) is 0 Å². The quantitative estimate of drug-likeness (QED) is 0.635. The van der Waals surface area contributed by atoms with Gasteiger partial charge in [-0.05, 0) is 31.5 Å². The first-order valence-corrected chi connectivity index (χ1v) is 7.31. The number of aliphatic hydroxyl groups is 1. The highest BCUT2D eigenvalue weighted by Gasteiger charge is 2.19. The molecule has 6 nitrogen and oxygen atoms in total. The fourth-order valence-corrected chi connectivity index (χ4v) is 2.53. The minimum absolute atomic E-state index is 0.0516. The minimum Gasteiger partial charge on any atom is -0.447 e. The van der Waals surface area contributed by atoms with Gasteiger partial charge < -0.3 is 14.8 Å². The van der Waals surface area contributed by atoms with E-state index in [2.05, 4.69) is 10.0 Å². The maximum Gasteiger partial charge on any atom is 0.273 e. The molecule has 0 saturated carbocycles. The van der Waals surface area contributed by atoms with E-state index in [0.29, 0.717) is 18.7 Å². The molecule has 0 aromatic carbocycles. The summed E-state index contributed by atoms with van der Waals surface area (Å²) in [4.78, 5) is 0. The SMILES string of the molecule is CNCc1ccc(S(=O)(=O)NCC(C)CCO)o1. The summed E-state index contributed by atoms with van der Waals surface area (Å²) >= 11 is 0. The smallest absolute Gasteiger partial charge is 0.273 e. The first-order chi connectivity index (χ1) is 8.49. The third-order valence-electron chi connectivity index (χ3n) is 2.50. The number of hydrogen-bond donors (Lipinski definition) is 3. The number of rotatable bonds is 8. The number of nitrogens with one attached hydrogen (secondary N) is 2.